The van der Waals surface area contributed by atoms with Crippen LogP contribution >= 0.6 is 11.8 Å². The van der Waals surface area contributed by atoms with Crippen LogP contribution in [0.25, 0.3) is 0 Å². The summed E-state index contributed by atoms with van der Waals surface area (Å²) < 4.78 is 0. The molecule has 2 N–H and O–H groups in total. The predicted molar refractivity (Wildman–Crippen MR) is 72.2 cm³/mol. The zero-order valence-corrected chi connectivity index (χ0v) is 10.9. The van der Waals surface area contributed by atoms with E-state index < -0.39 is 0 Å². The zero-order valence-electron chi connectivity index (χ0n) is 10.1. The van der Waals surface area contributed by atoms with Crippen molar-refractivity contribution in [3.8, 4) is 5.75 Å². The summed E-state index contributed by atoms with van der Waals surface area (Å²) >= 11 is 1.89. The van der Waals surface area contributed by atoms with E-state index in [1.165, 1.54) is 18.6 Å². The van der Waals surface area contributed by atoms with E-state index in [0.29, 0.717) is 5.75 Å². The van der Waals surface area contributed by atoms with Crippen molar-refractivity contribution >= 4 is 11.8 Å². The average molecular weight is 239 g/mol. The van der Waals surface area contributed by atoms with Gasteiger partial charge in [-0.3, -0.25) is 0 Å². The molecule has 1 rings (SSSR count). The van der Waals surface area contributed by atoms with Gasteiger partial charge in [0.25, 0.3) is 0 Å². The van der Waals surface area contributed by atoms with Crippen LogP contribution in [0, 0.1) is 6.92 Å². The number of nitrogens with one attached hydrogen (secondary N) is 1. The molecule has 0 saturated heterocycles. The van der Waals surface area contributed by atoms with Gasteiger partial charge in [0.15, 0.2) is 0 Å². The Morgan fingerprint density at radius 2 is 2.12 bits per heavy atom. The molecule has 0 bridgehead atoms. The third-order valence-electron chi connectivity index (χ3n) is 2.59. The van der Waals surface area contributed by atoms with Crippen LogP contribution < -0.4 is 5.32 Å². The molecular formula is C13H21NOS. The Morgan fingerprint density at radius 3 is 2.88 bits per heavy atom. The number of aromatic hydroxyl groups is 1. The summed E-state index contributed by atoms with van der Waals surface area (Å²) in [6, 6.07) is 5.88. The first-order chi connectivity index (χ1) is 7.75. The van der Waals surface area contributed by atoms with E-state index in [2.05, 4.69) is 11.6 Å². The van der Waals surface area contributed by atoms with Crippen molar-refractivity contribution in [3.05, 3.63) is 29.3 Å². The van der Waals surface area contributed by atoms with Crippen LogP contribution in [0.2, 0.25) is 0 Å². The van der Waals surface area contributed by atoms with Crippen LogP contribution in [-0.2, 0) is 6.54 Å². The van der Waals surface area contributed by atoms with E-state index in [1.54, 1.807) is 0 Å². The van der Waals surface area contributed by atoms with Gasteiger partial charge in [0.05, 0.1) is 0 Å². The Balaban J connectivity index is 2.24. The van der Waals surface area contributed by atoms with E-state index in [4.69, 9.17) is 0 Å². The number of hydrogen-bond donors (Lipinski definition) is 2. The number of rotatable bonds is 7. The SMILES string of the molecule is CSCCCCNCc1cccc(C)c1O. The molecule has 0 aromatic heterocycles. The molecule has 0 aliphatic heterocycles. The maximum absolute atomic E-state index is 9.79. The molecule has 0 unspecified atom stereocenters. The number of hydrogen-bond acceptors (Lipinski definition) is 3. The zero-order chi connectivity index (χ0) is 11.8. The van der Waals surface area contributed by atoms with Gasteiger partial charge >= 0.3 is 0 Å². The number of aryl methyl sites for hydroxylation is 1. The fourth-order valence-corrected chi connectivity index (χ4v) is 2.07. The molecule has 1 aromatic rings. The molecule has 0 amide bonds. The highest BCUT2D eigenvalue weighted by Crippen LogP contribution is 2.20. The first-order valence-electron chi connectivity index (χ1n) is 5.73. The summed E-state index contributed by atoms with van der Waals surface area (Å²) in [5.41, 5.74) is 1.94. The summed E-state index contributed by atoms with van der Waals surface area (Å²) in [5, 5.41) is 13.2. The highest BCUT2D eigenvalue weighted by molar-refractivity contribution is 7.98. The fourth-order valence-electron chi connectivity index (χ4n) is 1.58. The van der Waals surface area contributed by atoms with Crippen molar-refractivity contribution in [1.82, 2.24) is 5.32 Å². The van der Waals surface area contributed by atoms with Crippen molar-refractivity contribution in [2.75, 3.05) is 18.6 Å². The fraction of sp³-hybridized carbons (Fsp3) is 0.538. The topological polar surface area (TPSA) is 32.3 Å². The Hall–Kier alpha value is -0.670. The minimum absolute atomic E-state index is 0.430. The van der Waals surface area contributed by atoms with Gasteiger partial charge in [0, 0.05) is 12.1 Å². The Bertz CT molecular complexity index is 315. The molecule has 3 heteroatoms. The highest BCUT2D eigenvalue weighted by Gasteiger charge is 2.02. The molecular weight excluding hydrogens is 218 g/mol. The van der Waals surface area contributed by atoms with Crippen molar-refractivity contribution in [2.45, 2.75) is 26.3 Å². The number of benzene rings is 1. The number of phenols is 1. The van der Waals surface area contributed by atoms with Crippen LogP contribution in [0.5, 0.6) is 5.75 Å². The Labute approximate surface area is 102 Å². The standard InChI is InChI=1S/C13H21NOS/c1-11-6-5-7-12(13(11)15)10-14-8-3-4-9-16-2/h5-7,14-15H,3-4,8-10H2,1-2H3. The summed E-state index contributed by atoms with van der Waals surface area (Å²) in [4.78, 5) is 0. The second kappa shape index (κ2) is 7.58. The summed E-state index contributed by atoms with van der Waals surface area (Å²) in [5.74, 6) is 1.66. The van der Waals surface area contributed by atoms with Gasteiger partial charge in [-0.2, -0.15) is 11.8 Å². The monoisotopic (exact) mass is 239 g/mol. The third-order valence-corrected chi connectivity index (χ3v) is 3.29. The predicted octanol–water partition coefficient (Wildman–Crippen LogP) is 2.93. The van der Waals surface area contributed by atoms with Gasteiger partial charge in [0.2, 0.25) is 0 Å². The molecule has 1 aromatic carbocycles. The molecule has 90 valence electrons. The van der Waals surface area contributed by atoms with Crippen LogP contribution in [0.4, 0.5) is 0 Å². The maximum atomic E-state index is 9.79. The molecule has 0 aliphatic rings. The molecule has 0 aliphatic carbocycles. The first-order valence-corrected chi connectivity index (χ1v) is 7.12. The van der Waals surface area contributed by atoms with E-state index in [9.17, 15) is 5.11 Å². The number of thioether (sulfide) groups is 1. The van der Waals surface area contributed by atoms with Gasteiger partial charge in [-0.25, -0.2) is 0 Å². The normalized spacial score (nSPS) is 10.6. The van der Waals surface area contributed by atoms with E-state index in [0.717, 1.165) is 24.2 Å². The summed E-state index contributed by atoms with van der Waals surface area (Å²) in [6.45, 7) is 3.71. The number of para-hydroxylation sites is 1. The Morgan fingerprint density at radius 1 is 1.31 bits per heavy atom. The van der Waals surface area contributed by atoms with Gasteiger partial charge in [-0.15, -0.1) is 0 Å². The molecule has 2 nitrogen and oxygen atoms in total. The van der Waals surface area contributed by atoms with Crippen molar-refractivity contribution < 1.29 is 5.11 Å². The second-order valence-electron chi connectivity index (χ2n) is 3.96. The summed E-state index contributed by atoms with van der Waals surface area (Å²) in [6.07, 6.45) is 4.60. The number of phenolic OH excluding ortho intramolecular Hbond substituents is 1. The first kappa shape index (κ1) is 13.4. The minimum Gasteiger partial charge on any atom is -0.507 e. The largest absolute Gasteiger partial charge is 0.507 e. The molecule has 0 heterocycles. The average Bonchev–Trinajstić information content (AvgIpc) is 2.29. The smallest absolute Gasteiger partial charge is 0.122 e. The third kappa shape index (κ3) is 4.45. The van der Waals surface area contributed by atoms with Gasteiger partial charge in [-0.05, 0) is 43.9 Å². The van der Waals surface area contributed by atoms with Crippen LogP contribution in [0.15, 0.2) is 18.2 Å². The van der Waals surface area contributed by atoms with Crippen molar-refractivity contribution in [3.63, 3.8) is 0 Å². The van der Waals surface area contributed by atoms with Crippen LogP contribution in [-0.4, -0.2) is 23.7 Å². The van der Waals surface area contributed by atoms with Gasteiger partial charge in [-0.1, -0.05) is 18.2 Å². The van der Waals surface area contributed by atoms with Crippen molar-refractivity contribution in [2.24, 2.45) is 0 Å². The lowest BCUT2D eigenvalue weighted by Gasteiger charge is -2.08. The second-order valence-corrected chi connectivity index (χ2v) is 4.94. The number of unbranched alkanes of at least 4 members (excludes halogenated alkanes) is 1. The van der Waals surface area contributed by atoms with Crippen molar-refractivity contribution in [1.29, 1.82) is 0 Å². The molecule has 0 atom stereocenters. The lowest BCUT2D eigenvalue weighted by molar-refractivity contribution is 0.460. The molecule has 16 heavy (non-hydrogen) atoms. The quantitative estimate of drug-likeness (QED) is 0.718. The lowest BCUT2D eigenvalue weighted by Crippen LogP contribution is -2.15. The molecule has 0 spiro atoms. The minimum atomic E-state index is 0.430. The van der Waals surface area contributed by atoms with Gasteiger partial charge in [0.1, 0.15) is 5.75 Å². The van der Waals surface area contributed by atoms with E-state index in [1.807, 2.05) is 36.9 Å². The summed E-state index contributed by atoms with van der Waals surface area (Å²) in [7, 11) is 0. The van der Waals surface area contributed by atoms with Crippen LogP contribution in [0.3, 0.4) is 0 Å². The Kier molecular flexibility index (Phi) is 6.34. The lowest BCUT2D eigenvalue weighted by atomic mass is 10.1. The molecule has 0 saturated carbocycles. The molecule has 0 fully saturated rings. The maximum Gasteiger partial charge on any atom is 0.122 e. The van der Waals surface area contributed by atoms with E-state index >= 15 is 0 Å². The molecule has 0 radical (unpaired) electrons. The van der Waals surface area contributed by atoms with Crippen LogP contribution in [0.1, 0.15) is 24.0 Å². The highest BCUT2D eigenvalue weighted by atomic mass is 32.2. The van der Waals surface area contributed by atoms with E-state index in [-0.39, 0.29) is 0 Å². The van der Waals surface area contributed by atoms with Gasteiger partial charge < -0.3 is 10.4 Å².